The molecule has 2 N–H and O–H groups in total. The van der Waals surface area contributed by atoms with Crippen molar-refractivity contribution in [2.45, 2.75) is 12.8 Å². The van der Waals surface area contributed by atoms with E-state index < -0.39 is 0 Å². The molecule has 7 heteroatoms. The van der Waals surface area contributed by atoms with Gasteiger partial charge in [0.1, 0.15) is 5.82 Å². The highest BCUT2D eigenvalue weighted by Gasteiger charge is 2.20. The average Bonchev–Trinajstić information content (AvgIpc) is 3.03. The number of fused-ring (bicyclic) bond motifs is 1. The lowest BCUT2D eigenvalue weighted by molar-refractivity contribution is -0.115. The molecule has 0 saturated carbocycles. The van der Waals surface area contributed by atoms with Crippen molar-refractivity contribution in [2.24, 2.45) is 10.1 Å². The van der Waals surface area contributed by atoms with Gasteiger partial charge in [-0.1, -0.05) is 36.0 Å². The van der Waals surface area contributed by atoms with Crippen molar-refractivity contribution in [1.82, 2.24) is 5.43 Å². The number of benzene rings is 2. The van der Waals surface area contributed by atoms with Crippen LogP contribution in [-0.2, 0) is 17.6 Å². The number of carbonyl (C=O) groups excluding carboxylic acids is 1. The predicted molar refractivity (Wildman–Crippen MR) is 103 cm³/mol. The topological polar surface area (TPSA) is 65.8 Å². The molecule has 0 aliphatic carbocycles. The summed E-state index contributed by atoms with van der Waals surface area (Å²) in [5, 5.41) is 8.06. The van der Waals surface area contributed by atoms with Crippen LogP contribution in [0.15, 0.2) is 52.6 Å². The van der Waals surface area contributed by atoms with Gasteiger partial charge in [-0.3, -0.25) is 15.2 Å². The van der Waals surface area contributed by atoms with Gasteiger partial charge in [0.15, 0.2) is 5.17 Å². The zero-order chi connectivity index (χ0) is 17.9. The summed E-state index contributed by atoms with van der Waals surface area (Å²) in [6.07, 6.45) is 1.20. The van der Waals surface area contributed by atoms with E-state index in [1.165, 1.54) is 12.1 Å². The number of halogens is 1. The van der Waals surface area contributed by atoms with E-state index in [4.69, 9.17) is 0 Å². The van der Waals surface area contributed by atoms with Gasteiger partial charge in [0.05, 0.1) is 12.1 Å². The molecule has 0 unspecified atom stereocenters. The van der Waals surface area contributed by atoms with Gasteiger partial charge in [0.25, 0.3) is 0 Å². The Morgan fingerprint density at radius 3 is 2.81 bits per heavy atom. The summed E-state index contributed by atoms with van der Waals surface area (Å²) < 4.78 is 12.9. The van der Waals surface area contributed by atoms with E-state index in [1.54, 1.807) is 23.9 Å². The minimum atomic E-state index is -0.224. The normalized spacial score (nSPS) is 17.5. The van der Waals surface area contributed by atoms with Crippen molar-refractivity contribution in [3.8, 4) is 0 Å². The second kappa shape index (κ2) is 7.29. The monoisotopic (exact) mass is 368 g/mol. The smallest absolute Gasteiger partial charge is 0.228 e. The molecule has 26 heavy (non-hydrogen) atoms. The van der Waals surface area contributed by atoms with E-state index >= 15 is 0 Å². The maximum absolute atomic E-state index is 12.9. The van der Waals surface area contributed by atoms with Crippen LogP contribution in [0.2, 0.25) is 0 Å². The molecule has 1 amide bonds. The van der Waals surface area contributed by atoms with Gasteiger partial charge in [-0.25, -0.2) is 4.39 Å². The number of hydrazone groups is 1. The lowest BCUT2D eigenvalue weighted by atomic mass is 10.1. The van der Waals surface area contributed by atoms with Crippen LogP contribution in [0.3, 0.4) is 0 Å². The van der Waals surface area contributed by atoms with Crippen LogP contribution in [-0.4, -0.2) is 29.1 Å². The van der Waals surface area contributed by atoms with Crippen LogP contribution < -0.4 is 10.7 Å². The standard InChI is InChI=1S/C19H17FN4OS/c20-15-5-1-12(2-6-15)7-8-21-19-24-23-17(11-26-19)13-3-4-14-10-18(25)22-16(14)9-13/h1-6,9H,7-8,10-11H2,(H,21,24)(H,22,25). The van der Waals surface area contributed by atoms with Gasteiger partial charge in [0.2, 0.25) is 5.91 Å². The van der Waals surface area contributed by atoms with Crippen molar-refractivity contribution in [3.63, 3.8) is 0 Å². The SMILES string of the molecule is O=C1Cc2ccc(C3=NNC(=NCCc4ccc(F)cc4)SC3)cc2N1. The highest BCUT2D eigenvalue weighted by Crippen LogP contribution is 2.25. The van der Waals surface area contributed by atoms with Crippen LogP contribution in [0.5, 0.6) is 0 Å². The lowest BCUT2D eigenvalue weighted by Gasteiger charge is -2.15. The number of thioether (sulfide) groups is 1. The summed E-state index contributed by atoms with van der Waals surface area (Å²) in [6.45, 7) is 0.622. The van der Waals surface area contributed by atoms with Crippen molar-refractivity contribution >= 4 is 34.2 Å². The first-order chi connectivity index (χ1) is 12.7. The van der Waals surface area contributed by atoms with Gasteiger partial charge in [-0.05, 0) is 35.7 Å². The van der Waals surface area contributed by atoms with Crippen LogP contribution in [0.1, 0.15) is 16.7 Å². The van der Waals surface area contributed by atoms with Gasteiger partial charge >= 0.3 is 0 Å². The number of aliphatic imine (C=N–C) groups is 1. The molecule has 0 spiro atoms. The molecule has 0 fully saturated rings. The Bertz CT molecular complexity index is 908. The highest BCUT2D eigenvalue weighted by atomic mass is 32.2. The number of anilines is 1. The third kappa shape index (κ3) is 3.77. The van der Waals surface area contributed by atoms with Gasteiger partial charge < -0.3 is 5.32 Å². The average molecular weight is 368 g/mol. The summed E-state index contributed by atoms with van der Waals surface area (Å²) in [6, 6.07) is 12.4. The van der Waals surface area contributed by atoms with Crippen molar-refractivity contribution < 1.29 is 9.18 Å². The molecule has 5 nitrogen and oxygen atoms in total. The molecule has 0 saturated heterocycles. The summed E-state index contributed by atoms with van der Waals surface area (Å²) in [5.41, 5.74) is 7.87. The number of nitrogens with one attached hydrogen (secondary N) is 2. The van der Waals surface area contributed by atoms with Crippen LogP contribution in [0.25, 0.3) is 0 Å². The third-order valence-electron chi connectivity index (χ3n) is 4.27. The maximum Gasteiger partial charge on any atom is 0.228 e. The summed E-state index contributed by atoms with van der Waals surface area (Å²) >= 11 is 1.60. The Morgan fingerprint density at radius 2 is 2.04 bits per heavy atom. The second-order valence-corrected chi connectivity index (χ2v) is 7.08. The minimum Gasteiger partial charge on any atom is -0.326 e. The quantitative estimate of drug-likeness (QED) is 0.872. The van der Waals surface area contributed by atoms with Crippen LogP contribution in [0, 0.1) is 5.82 Å². The number of amides is 1. The fourth-order valence-electron chi connectivity index (χ4n) is 2.88. The molecule has 2 aliphatic rings. The van der Waals surface area contributed by atoms with Crippen LogP contribution in [0.4, 0.5) is 10.1 Å². The van der Waals surface area contributed by atoms with E-state index in [1.807, 2.05) is 18.2 Å². The first-order valence-electron chi connectivity index (χ1n) is 8.35. The lowest BCUT2D eigenvalue weighted by Crippen LogP contribution is -2.25. The zero-order valence-corrected chi connectivity index (χ0v) is 14.8. The molecule has 2 aromatic carbocycles. The molecule has 2 heterocycles. The molecule has 0 aromatic heterocycles. The Balaban J connectivity index is 1.36. The maximum atomic E-state index is 12.9. The Kier molecular flexibility index (Phi) is 4.71. The molecule has 2 aromatic rings. The van der Waals surface area contributed by atoms with E-state index in [0.29, 0.717) is 13.0 Å². The number of rotatable bonds is 4. The molecule has 0 radical (unpaired) electrons. The van der Waals surface area contributed by atoms with Gasteiger partial charge in [-0.15, -0.1) is 0 Å². The predicted octanol–water partition coefficient (Wildman–Crippen LogP) is 2.96. The largest absolute Gasteiger partial charge is 0.326 e. The van der Waals surface area contributed by atoms with E-state index in [0.717, 1.165) is 45.4 Å². The molecule has 4 rings (SSSR count). The molecular weight excluding hydrogens is 351 g/mol. The first-order valence-corrected chi connectivity index (χ1v) is 9.33. The van der Waals surface area contributed by atoms with E-state index in [2.05, 4.69) is 20.8 Å². The van der Waals surface area contributed by atoms with Crippen LogP contribution >= 0.6 is 11.8 Å². The molecule has 132 valence electrons. The fraction of sp³-hybridized carbons (Fsp3) is 0.211. The highest BCUT2D eigenvalue weighted by molar-refractivity contribution is 8.14. The van der Waals surface area contributed by atoms with Crippen molar-refractivity contribution in [2.75, 3.05) is 17.6 Å². The number of nitrogens with zero attached hydrogens (tertiary/aromatic N) is 2. The van der Waals surface area contributed by atoms with Gasteiger partial charge in [0, 0.05) is 23.5 Å². The molecule has 2 aliphatic heterocycles. The van der Waals surface area contributed by atoms with Crippen molar-refractivity contribution in [1.29, 1.82) is 0 Å². The molecule has 0 bridgehead atoms. The zero-order valence-electron chi connectivity index (χ0n) is 14.0. The number of amidine groups is 1. The van der Waals surface area contributed by atoms with Gasteiger partial charge in [-0.2, -0.15) is 5.10 Å². The molecular formula is C19H17FN4OS. The second-order valence-electron chi connectivity index (χ2n) is 6.12. The number of hydrogen-bond acceptors (Lipinski definition) is 4. The Morgan fingerprint density at radius 1 is 1.19 bits per heavy atom. The molecule has 0 atom stereocenters. The minimum absolute atomic E-state index is 0.0332. The summed E-state index contributed by atoms with van der Waals surface area (Å²) in [5.74, 6) is 0.526. The summed E-state index contributed by atoms with van der Waals surface area (Å²) in [4.78, 5) is 16.0. The fourth-order valence-corrected chi connectivity index (χ4v) is 3.67. The van der Waals surface area contributed by atoms with E-state index in [-0.39, 0.29) is 11.7 Å². The Labute approximate surface area is 154 Å². The number of carbonyl (C=O) groups is 1. The number of hydrogen-bond donors (Lipinski definition) is 2. The van der Waals surface area contributed by atoms with Crippen molar-refractivity contribution in [3.05, 3.63) is 65.0 Å². The van der Waals surface area contributed by atoms with E-state index in [9.17, 15) is 9.18 Å². The third-order valence-corrected chi connectivity index (χ3v) is 5.18. The first kappa shape index (κ1) is 16.8. The summed E-state index contributed by atoms with van der Waals surface area (Å²) in [7, 11) is 0. The Hall–Kier alpha value is -2.67.